The predicted molar refractivity (Wildman–Crippen MR) is 111 cm³/mol. The molecule has 0 bridgehead atoms. The van der Waals surface area contributed by atoms with Crippen molar-refractivity contribution in [3.05, 3.63) is 33.9 Å². The molecule has 1 aromatic carbocycles. The van der Waals surface area contributed by atoms with Gasteiger partial charge in [0.15, 0.2) is 6.61 Å². The highest BCUT2D eigenvalue weighted by Crippen LogP contribution is 2.30. The van der Waals surface area contributed by atoms with Gasteiger partial charge in [-0.15, -0.1) is 0 Å². The summed E-state index contributed by atoms with van der Waals surface area (Å²) in [6.07, 6.45) is 3.13. The van der Waals surface area contributed by atoms with Crippen LogP contribution < -0.4 is 10.2 Å². The first-order chi connectivity index (χ1) is 14.4. The molecule has 164 valence electrons. The summed E-state index contributed by atoms with van der Waals surface area (Å²) in [5.74, 6) is -0.205. The number of esters is 1. The molecule has 1 aromatic rings. The fourth-order valence-corrected chi connectivity index (χ4v) is 4.12. The summed E-state index contributed by atoms with van der Waals surface area (Å²) in [5, 5.41) is 14.1. The van der Waals surface area contributed by atoms with E-state index in [1.54, 1.807) is 6.07 Å². The quantitative estimate of drug-likeness (QED) is 0.428. The van der Waals surface area contributed by atoms with Crippen molar-refractivity contribution < 1.29 is 24.0 Å². The molecule has 3 atom stereocenters. The number of anilines is 1. The van der Waals surface area contributed by atoms with E-state index < -0.39 is 17.5 Å². The van der Waals surface area contributed by atoms with Gasteiger partial charge in [0, 0.05) is 31.3 Å². The van der Waals surface area contributed by atoms with Gasteiger partial charge in [-0.3, -0.25) is 14.9 Å². The van der Waals surface area contributed by atoms with Gasteiger partial charge in [-0.1, -0.05) is 26.7 Å². The Morgan fingerprint density at radius 3 is 2.70 bits per heavy atom. The average Bonchev–Trinajstić information content (AvgIpc) is 2.75. The van der Waals surface area contributed by atoms with Gasteiger partial charge in [0.25, 0.3) is 11.6 Å². The van der Waals surface area contributed by atoms with E-state index in [-0.39, 0.29) is 23.2 Å². The number of carbonyl (C=O) groups is 2. The molecule has 1 N–H and O–H groups in total. The molecule has 2 fully saturated rings. The minimum absolute atomic E-state index is 0.0710. The molecule has 1 heterocycles. The Bertz CT molecular complexity index is 793. The summed E-state index contributed by atoms with van der Waals surface area (Å²) in [7, 11) is 0. The van der Waals surface area contributed by atoms with Crippen molar-refractivity contribution in [2.45, 2.75) is 39.2 Å². The van der Waals surface area contributed by atoms with Gasteiger partial charge in [0.2, 0.25) is 0 Å². The first-order valence-corrected chi connectivity index (χ1v) is 10.4. The normalized spacial score (nSPS) is 24.2. The summed E-state index contributed by atoms with van der Waals surface area (Å²) < 4.78 is 10.6. The predicted octanol–water partition coefficient (Wildman–Crippen LogP) is 2.53. The van der Waals surface area contributed by atoms with Crippen LogP contribution in [-0.2, 0) is 14.3 Å². The molecule has 0 aromatic heterocycles. The molecule has 1 saturated heterocycles. The zero-order chi connectivity index (χ0) is 21.7. The van der Waals surface area contributed by atoms with E-state index in [9.17, 15) is 19.7 Å². The zero-order valence-corrected chi connectivity index (χ0v) is 17.5. The van der Waals surface area contributed by atoms with Gasteiger partial charge in [-0.25, -0.2) is 4.79 Å². The van der Waals surface area contributed by atoms with Crippen molar-refractivity contribution >= 4 is 23.3 Å². The van der Waals surface area contributed by atoms with E-state index >= 15 is 0 Å². The Labute approximate surface area is 175 Å². The highest BCUT2D eigenvalue weighted by molar-refractivity contribution is 5.97. The number of nitro groups is 1. The van der Waals surface area contributed by atoms with E-state index in [2.05, 4.69) is 19.2 Å². The maximum absolute atomic E-state index is 12.7. The average molecular weight is 419 g/mol. The van der Waals surface area contributed by atoms with Crippen molar-refractivity contribution in [2.75, 3.05) is 37.8 Å². The Hall–Kier alpha value is -2.68. The number of benzene rings is 1. The van der Waals surface area contributed by atoms with Crippen molar-refractivity contribution in [1.82, 2.24) is 5.32 Å². The molecule has 1 saturated carbocycles. The van der Waals surface area contributed by atoms with Gasteiger partial charge in [0.05, 0.1) is 29.4 Å². The molecule has 30 heavy (non-hydrogen) atoms. The Morgan fingerprint density at radius 2 is 2.00 bits per heavy atom. The number of morpholine rings is 1. The molecular formula is C21H29N3O6. The van der Waals surface area contributed by atoms with Crippen LogP contribution in [0, 0.1) is 22.0 Å². The number of nitrogens with zero attached hydrogens (tertiary/aromatic N) is 2. The van der Waals surface area contributed by atoms with Gasteiger partial charge >= 0.3 is 5.97 Å². The van der Waals surface area contributed by atoms with E-state index in [1.165, 1.54) is 12.1 Å². The second-order valence-corrected chi connectivity index (χ2v) is 8.08. The Morgan fingerprint density at radius 1 is 1.27 bits per heavy atom. The summed E-state index contributed by atoms with van der Waals surface area (Å²) in [6, 6.07) is 4.18. The maximum Gasteiger partial charge on any atom is 0.341 e. The third kappa shape index (κ3) is 5.27. The second kappa shape index (κ2) is 9.88. The van der Waals surface area contributed by atoms with Crippen LogP contribution in [-0.4, -0.2) is 55.8 Å². The number of rotatable bonds is 6. The number of nitrogens with one attached hydrogen (secondary N) is 1. The second-order valence-electron chi connectivity index (χ2n) is 8.08. The van der Waals surface area contributed by atoms with Gasteiger partial charge < -0.3 is 19.7 Å². The number of ether oxygens (including phenoxy) is 2. The fourth-order valence-electron chi connectivity index (χ4n) is 4.12. The number of hydrogen-bond donors (Lipinski definition) is 1. The smallest absolute Gasteiger partial charge is 0.341 e. The molecule has 9 heteroatoms. The molecule has 3 rings (SSSR count). The fraction of sp³-hybridized carbons (Fsp3) is 0.619. The van der Waals surface area contributed by atoms with Gasteiger partial charge in [-0.2, -0.15) is 0 Å². The molecule has 0 unspecified atom stereocenters. The Balaban J connectivity index is 1.66. The van der Waals surface area contributed by atoms with E-state index in [0.717, 1.165) is 19.3 Å². The van der Waals surface area contributed by atoms with Crippen molar-refractivity contribution in [2.24, 2.45) is 11.8 Å². The molecule has 1 aliphatic carbocycles. The largest absolute Gasteiger partial charge is 0.452 e. The van der Waals surface area contributed by atoms with Crippen molar-refractivity contribution in [1.29, 1.82) is 0 Å². The first-order valence-electron chi connectivity index (χ1n) is 10.4. The van der Waals surface area contributed by atoms with Crippen molar-refractivity contribution in [3.8, 4) is 0 Å². The van der Waals surface area contributed by atoms with Crippen LogP contribution in [0.25, 0.3) is 0 Å². The third-order valence-electron chi connectivity index (χ3n) is 6.15. The summed E-state index contributed by atoms with van der Waals surface area (Å²) in [6.45, 7) is 6.03. The maximum atomic E-state index is 12.7. The summed E-state index contributed by atoms with van der Waals surface area (Å²) in [5.41, 5.74) is 0.427. The highest BCUT2D eigenvalue weighted by Gasteiger charge is 2.29. The lowest BCUT2D eigenvalue weighted by molar-refractivity contribution is -0.384. The van der Waals surface area contributed by atoms with Crippen LogP contribution >= 0.6 is 0 Å². The molecule has 0 spiro atoms. The molecule has 9 nitrogen and oxygen atoms in total. The van der Waals surface area contributed by atoms with E-state index in [0.29, 0.717) is 43.8 Å². The van der Waals surface area contributed by atoms with Gasteiger partial charge in [0.1, 0.15) is 0 Å². The van der Waals surface area contributed by atoms with Crippen LogP contribution in [0.1, 0.15) is 43.5 Å². The lowest BCUT2D eigenvalue weighted by Gasteiger charge is -2.34. The lowest BCUT2D eigenvalue weighted by Crippen LogP contribution is -2.45. The molecular weight excluding hydrogens is 390 g/mol. The molecule has 1 amide bonds. The topological polar surface area (TPSA) is 111 Å². The van der Waals surface area contributed by atoms with Crippen LogP contribution in [0.3, 0.4) is 0 Å². The number of non-ortho nitro benzene ring substituents is 1. The van der Waals surface area contributed by atoms with Crippen LogP contribution in [0.4, 0.5) is 11.4 Å². The minimum Gasteiger partial charge on any atom is -0.452 e. The molecule has 2 aliphatic rings. The number of carbonyl (C=O) groups excluding carboxylic acids is 2. The molecule has 1 aliphatic heterocycles. The van der Waals surface area contributed by atoms with Crippen LogP contribution in [0.15, 0.2) is 18.2 Å². The van der Waals surface area contributed by atoms with Gasteiger partial charge in [-0.05, 0) is 24.3 Å². The van der Waals surface area contributed by atoms with E-state index in [4.69, 9.17) is 9.47 Å². The molecule has 0 radical (unpaired) electrons. The van der Waals surface area contributed by atoms with E-state index in [1.807, 2.05) is 4.90 Å². The zero-order valence-electron chi connectivity index (χ0n) is 17.5. The number of nitro benzene ring substituents is 1. The number of hydrogen-bond acceptors (Lipinski definition) is 7. The standard InChI is InChI=1S/C21H29N3O6/c1-14-4-3-5-18(15(14)2)22-20(25)13-30-21(26)17-12-16(24(27)28)6-7-19(17)23-8-10-29-11-9-23/h6-7,12,14-15,18H,3-5,8-11,13H2,1-2H3,(H,22,25)/t14-,15+,18+/m0/s1. The highest BCUT2D eigenvalue weighted by atomic mass is 16.6. The van der Waals surface area contributed by atoms with Crippen LogP contribution in [0.2, 0.25) is 0 Å². The summed E-state index contributed by atoms with van der Waals surface area (Å²) >= 11 is 0. The summed E-state index contributed by atoms with van der Waals surface area (Å²) in [4.78, 5) is 37.6. The minimum atomic E-state index is -0.750. The monoisotopic (exact) mass is 419 g/mol. The first kappa shape index (κ1) is 22.0. The SMILES string of the molecule is C[C@@H]1[C@@H](C)CCC[C@H]1NC(=O)COC(=O)c1cc([N+](=O)[O-])ccc1N1CCOCC1. The number of amides is 1. The van der Waals surface area contributed by atoms with Crippen molar-refractivity contribution in [3.63, 3.8) is 0 Å². The van der Waals surface area contributed by atoms with Crippen LogP contribution in [0.5, 0.6) is 0 Å². The third-order valence-corrected chi connectivity index (χ3v) is 6.15. The Kier molecular flexibility index (Phi) is 7.25. The lowest BCUT2D eigenvalue weighted by atomic mass is 9.78.